The molecule has 0 fully saturated rings. The number of ether oxygens (including phenoxy) is 1. The summed E-state index contributed by atoms with van der Waals surface area (Å²) in [7, 11) is 3.11. The number of nitrogens with zero attached hydrogens (tertiary/aromatic N) is 1. The van der Waals surface area contributed by atoms with Gasteiger partial charge >= 0.3 is 0 Å². The number of carbonyl (C=O) groups excluding carboxylic acids is 1. The maximum atomic E-state index is 11.8. The lowest BCUT2D eigenvalue weighted by Crippen LogP contribution is -2.19. The first-order valence-corrected chi connectivity index (χ1v) is 5.07. The largest absolute Gasteiger partial charge is 0.496 e. The second kappa shape index (κ2) is 4.69. The summed E-state index contributed by atoms with van der Waals surface area (Å²) in [5, 5.41) is 2.57. The highest BCUT2D eigenvalue weighted by molar-refractivity contribution is 6.01. The van der Waals surface area contributed by atoms with Crippen molar-refractivity contribution in [2.24, 2.45) is 0 Å². The van der Waals surface area contributed by atoms with E-state index in [0.717, 1.165) is 0 Å². The van der Waals surface area contributed by atoms with E-state index in [-0.39, 0.29) is 5.91 Å². The molecule has 88 valence electrons. The minimum absolute atomic E-state index is 0.211. The van der Waals surface area contributed by atoms with Gasteiger partial charge in [0.05, 0.1) is 24.4 Å². The summed E-state index contributed by atoms with van der Waals surface area (Å²) in [5.41, 5.74) is 1.02. The molecule has 0 unspecified atom stereocenters. The zero-order chi connectivity index (χ0) is 12.3. The normalized spacial score (nSPS) is 10.0. The van der Waals surface area contributed by atoms with Gasteiger partial charge in [0.25, 0.3) is 5.91 Å². The molecule has 17 heavy (non-hydrogen) atoms. The molecule has 0 aliphatic heterocycles. The fraction of sp³-hybridized carbons (Fsp3) is 0.167. The summed E-state index contributed by atoms with van der Waals surface area (Å²) < 4.78 is 10.5. The van der Waals surface area contributed by atoms with Crippen LogP contribution in [0.2, 0.25) is 0 Å². The summed E-state index contributed by atoms with van der Waals surface area (Å²) in [6.07, 6.45) is 2.98. The Balaban J connectivity index is 2.64. The van der Waals surface area contributed by atoms with Crippen molar-refractivity contribution in [2.75, 3.05) is 14.2 Å². The van der Waals surface area contributed by atoms with Crippen LogP contribution in [0.15, 0.2) is 35.1 Å². The standard InChI is InChI=1S/C12H12N2O3/c1-13-11(15)8-4-3-5-9(16-2)10(8)12-14-6-7-17-12/h3-7H,1-2H3,(H,13,15). The SMILES string of the molecule is CNC(=O)c1cccc(OC)c1-c1ncco1. The van der Waals surface area contributed by atoms with Crippen molar-refractivity contribution in [1.29, 1.82) is 0 Å². The molecule has 0 spiro atoms. The highest BCUT2D eigenvalue weighted by Crippen LogP contribution is 2.32. The van der Waals surface area contributed by atoms with E-state index in [1.165, 1.54) is 19.6 Å². The van der Waals surface area contributed by atoms with Crippen molar-refractivity contribution in [3.8, 4) is 17.2 Å². The molecule has 0 bridgehead atoms. The molecule has 2 rings (SSSR count). The Hall–Kier alpha value is -2.30. The lowest BCUT2D eigenvalue weighted by molar-refractivity contribution is 0.0963. The summed E-state index contributed by atoms with van der Waals surface area (Å²) in [4.78, 5) is 15.8. The predicted octanol–water partition coefficient (Wildman–Crippen LogP) is 1.71. The fourth-order valence-electron chi connectivity index (χ4n) is 1.59. The highest BCUT2D eigenvalue weighted by atomic mass is 16.5. The molecule has 0 aliphatic rings. The molecule has 1 aromatic heterocycles. The summed E-state index contributed by atoms with van der Waals surface area (Å²) >= 11 is 0. The van der Waals surface area contributed by atoms with Gasteiger partial charge in [0.15, 0.2) is 0 Å². The average molecular weight is 232 g/mol. The van der Waals surface area contributed by atoms with Crippen molar-refractivity contribution in [3.63, 3.8) is 0 Å². The number of methoxy groups -OCH3 is 1. The van der Waals surface area contributed by atoms with Crippen LogP contribution >= 0.6 is 0 Å². The predicted molar refractivity (Wildman–Crippen MR) is 61.9 cm³/mol. The molecule has 0 saturated carbocycles. The number of benzene rings is 1. The number of carbonyl (C=O) groups is 1. The maximum absolute atomic E-state index is 11.8. The van der Waals surface area contributed by atoms with E-state index in [0.29, 0.717) is 22.8 Å². The monoisotopic (exact) mass is 232 g/mol. The molecule has 1 heterocycles. The Bertz CT molecular complexity index is 521. The number of amides is 1. The van der Waals surface area contributed by atoms with Crippen molar-refractivity contribution < 1.29 is 13.9 Å². The molecule has 0 aliphatic carbocycles. The molecule has 1 amide bonds. The van der Waals surface area contributed by atoms with Crippen LogP contribution in [0.25, 0.3) is 11.5 Å². The van der Waals surface area contributed by atoms with Crippen LogP contribution in [0.5, 0.6) is 5.75 Å². The van der Waals surface area contributed by atoms with Gasteiger partial charge in [0.1, 0.15) is 12.0 Å². The third-order valence-electron chi connectivity index (χ3n) is 2.36. The van der Waals surface area contributed by atoms with Gasteiger partial charge in [0, 0.05) is 7.05 Å². The zero-order valence-corrected chi connectivity index (χ0v) is 9.56. The minimum atomic E-state index is -0.211. The first-order chi connectivity index (χ1) is 8.27. The van der Waals surface area contributed by atoms with E-state index in [9.17, 15) is 4.79 Å². The van der Waals surface area contributed by atoms with Gasteiger partial charge in [-0.3, -0.25) is 4.79 Å². The molecule has 1 N–H and O–H groups in total. The quantitative estimate of drug-likeness (QED) is 0.874. The number of hydrogen-bond acceptors (Lipinski definition) is 4. The summed E-state index contributed by atoms with van der Waals surface area (Å²) in [5.74, 6) is 0.701. The average Bonchev–Trinajstić information content (AvgIpc) is 2.90. The van der Waals surface area contributed by atoms with Gasteiger partial charge in [-0.1, -0.05) is 6.07 Å². The third kappa shape index (κ3) is 1.99. The van der Waals surface area contributed by atoms with Crippen LogP contribution in [0, 0.1) is 0 Å². The van der Waals surface area contributed by atoms with Crippen LogP contribution < -0.4 is 10.1 Å². The highest BCUT2D eigenvalue weighted by Gasteiger charge is 2.19. The first-order valence-electron chi connectivity index (χ1n) is 5.07. The van der Waals surface area contributed by atoms with Gasteiger partial charge in [-0.15, -0.1) is 0 Å². The van der Waals surface area contributed by atoms with E-state index >= 15 is 0 Å². The van der Waals surface area contributed by atoms with Crippen LogP contribution in [0.3, 0.4) is 0 Å². The van der Waals surface area contributed by atoms with Crippen LogP contribution in [-0.2, 0) is 0 Å². The third-order valence-corrected chi connectivity index (χ3v) is 2.36. The number of rotatable bonds is 3. The molecule has 0 saturated heterocycles. The van der Waals surface area contributed by atoms with Crippen molar-refractivity contribution >= 4 is 5.91 Å². The Morgan fingerprint density at radius 3 is 2.88 bits per heavy atom. The molecular weight excluding hydrogens is 220 g/mol. The number of aromatic nitrogens is 1. The van der Waals surface area contributed by atoms with Crippen molar-refractivity contribution in [3.05, 3.63) is 36.2 Å². The second-order valence-corrected chi connectivity index (χ2v) is 3.30. The number of nitrogens with one attached hydrogen (secondary N) is 1. The molecule has 0 atom stereocenters. The number of hydrogen-bond donors (Lipinski definition) is 1. The first kappa shape index (κ1) is 11.2. The molecule has 5 heteroatoms. The Labute approximate surface area is 98.4 Å². The second-order valence-electron chi connectivity index (χ2n) is 3.30. The smallest absolute Gasteiger partial charge is 0.251 e. The van der Waals surface area contributed by atoms with E-state index in [1.54, 1.807) is 25.2 Å². The summed E-state index contributed by atoms with van der Waals surface area (Å²) in [6, 6.07) is 5.20. The number of oxazole rings is 1. The Morgan fingerprint density at radius 2 is 2.29 bits per heavy atom. The lowest BCUT2D eigenvalue weighted by atomic mass is 10.1. The van der Waals surface area contributed by atoms with E-state index in [1.807, 2.05) is 0 Å². The van der Waals surface area contributed by atoms with Crippen LogP contribution in [0.1, 0.15) is 10.4 Å². The molecule has 0 radical (unpaired) electrons. The molecule has 2 aromatic rings. The van der Waals surface area contributed by atoms with E-state index in [2.05, 4.69) is 10.3 Å². The summed E-state index contributed by atoms with van der Waals surface area (Å²) in [6.45, 7) is 0. The van der Waals surface area contributed by atoms with Gasteiger partial charge in [0.2, 0.25) is 5.89 Å². The Morgan fingerprint density at radius 1 is 1.47 bits per heavy atom. The van der Waals surface area contributed by atoms with Gasteiger partial charge in [-0.05, 0) is 12.1 Å². The fourth-order valence-corrected chi connectivity index (χ4v) is 1.59. The van der Waals surface area contributed by atoms with E-state index in [4.69, 9.17) is 9.15 Å². The Kier molecular flexibility index (Phi) is 3.09. The van der Waals surface area contributed by atoms with Crippen LogP contribution in [0.4, 0.5) is 0 Å². The lowest BCUT2D eigenvalue weighted by Gasteiger charge is -2.09. The van der Waals surface area contributed by atoms with E-state index < -0.39 is 0 Å². The molecule has 1 aromatic carbocycles. The zero-order valence-electron chi connectivity index (χ0n) is 9.56. The topological polar surface area (TPSA) is 64.4 Å². The van der Waals surface area contributed by atoms with Gasteiger partial charge < -0.3 is 14.5 Å². The maximum Gasteiger partial charge on any atom is 0.251 e. The van der Waals surface area contributed by atoms with Crippen LogP contribution in [-0.4, -0.2) is 25.0 Å². The molecule has 5 nitrogen and oxygen atoms in total. The minimum Gasteiger partial charge on any atom is -0.496 e. The van der Waals surface area contributed by atoms with Gasteiger partial charge in [-0.2, -0.15) is 0 Å². The molecular formula is C12H12N2O3. The van der Waals surface area contributed by atoms with Crippen molar-refractivity contribution in [1.82, 2.24) is 10.3 Å². The van der Waals surface area contributed by atoms with Crippen molar-refractivity contribution in [2.45, 2.75) is 0 Å². The van der Waals surface area contributed by atoms with Gasteiger partial charge in [-0.25, -0.2) is 4.98 Å².